The number of hydrogen-bond acceptors (Lipinski definition) is 6. The molecule has 0 radical (unpaired) electrons. The van der Waals surface area contributed by atoms with Crippen molar-refractivity contribution in [3.8, 4) is 23.0 Å². The quantitative estimate of drug-likeness (QED) is 0.183. The van der Waals surface area contributed by atoms with Crippen LogP contribution in [-0.4, -0.2) is 67.5 Å². The fourth-order valence-corrected chi connectivity index (χ4v) is 6.66. The maximum Gasteiger partial charge on any atom is 0.231 e. The van der Waals surface area contributed by atoms with Gasteiger partial charge in [-0.1, -0.05) is 54.6 Å². The molecule has 5 aromatic rings. The zero-order valence-corrected chi connectivity index (χ0v) is 26.4. The second-order valence-electron chi connectivity index (χ2n) is 12.0. The molecular weight excluding hydrogens is 578 g/mol. The van der Waals surface area contributed by atoms with Gasteiger partial charge >= 0.3 is 0 Å². The molecule has 3 heterocycles. The number of rotatable bonds is 10. The van der Waals surface area contributed by atoms with E-state index in [-0.39, 0.29) is 18.6 Å². The summed E-state index contributed by atoms with van der Waals surface area (Å²) in [6, 6.07) is 31.0. The van der Waals surface area contributed by atoms with Crippen molar-refractivity contribution in [1.29, 1.82) is 0 Å². The Labute approximate surface area is 269 Å². The molecule has 0 bridgehead atoms. The predicted octanol–water partition coefficient (Wildman–Crippen LogP) is 6.30. The molecule has 2 aliphatic rings. The molecule has 8 heteroatoms. The summed E-state index contributed by atoms with van der Waals surface area (Å²) in [4.78, 5) is 18.5. The van der Waals surface area contributed by atoms with Gasteiger partial charge in [-0.25, -0.2) is 0 Å². The average Bonchev–Trinajstić information content (AvgIpc) is 3.72. The second-order valence-corrected chi connectivity index (χ2v) is 12.0. The van der Waals surface area contributed by atoms with Crippen molar-refractivity contribution in [1.82, 2.24) is 14.4 Å². The fourth-order valence-electron chi connectivity index (χ4n) is 6.66. The van der Waals surface area contributed by atoms with Crippen LogP contribution in [0.1, 0.15) is 34.6 Å². The zero-order valence-electron chi connectivity index (χ0n) is 26.4. The van der Waals surface area contributed by atoms with Gasteiger partial charge in [-0.15, -0.1) is 0 Å². The van der Waals surface area contributed by atoms with E-state index in [1.807, 2.05) is 35.2 Å². The Kier molecular flexibility index (Phi) is 8.53. The number of nitrogens with zero attached hydrogens (tertiary/aromatic N) is 3. The Morgan fingerprint density at radius 3 is 2.24 bits per heavy atom. The Bertz CT molecular complexity index is 1810. The molecule has 2 aliphatic heterocycles. The van der Waals surface area contributed by atoms with E-state index < -0.39 is 0 Å². The first-order valence-corrected chi connectivity index (χ1v) is 15.8. The van der Waals surface area contributed by atoms with Crippen molar-refractivity contribution in [2.75, 3.05) is 47.2 Å². The van der Waals surface area contributed by atoms with E-state index in [4.69, 9.17) is 18.9 Å². The van der Waals surface area contributed by atoms with E-state index in [0.29, 0.717) is 31.0 Å². The fraction of sp³-hybridized carbons (Fsp3) is 0.289. The largest absolute Gasteiger partial charge is 0.497 e. The van der Waals surface area contributed by atoms with Gasteiger partial charge in [-0.3, -0.25) is 9.69 Å². The Balaban J connectivity index is 1.15. The number of methoxy groups -OCH3 is 2. The molecule has 1 fully saturated rings. The molecule has 0 saturated carbocycles. The number of amides is 1. The van der Waals surface area contributed by atoms with Gasteiger partial charge in [-0.2, -0.15) is 0 Å². The highest BCUT2D eigenvalue weighted by molar-refractivity contribution is 5.87. The van der Waals surface area contributed by atoms with Gasteiger partial charge in [0.2, 0.25) is 12.7 Å². The third-order valence-corrected chi connectivity index (χ3v) is 9.11. The number of carbonyl (C=O) groups is 1. The Morgan fingerprint density at radius 1 is 0.761 bits per heavy atom. The van der Waals surface area contributed by atoms with Crippen molar-refractivity contribution in [3.63, 3.8) is 0 Å². The summed E-state index contributed by atoms with van der Waals surface area (Å²) in [5.41, 5.74) is 5.67. The molecule has 1 atom stereocenters. The van der Waals surface area contributed by atoms with Gasteiger partial charge in [0.25, 0.3) is 0 Å². The van der Waals surface area contributed by atoms with Gasteiger partial charge < -0.3 is 28.4 Å². The highest BCUT2D eigenvalue weighted by Gasteiger charge is 2.28. The van der Waals surface area contributed by atoms with Crippen LogP contribution in [-0.2, 0) is 17.9 Å². The summed E-state index contributed by atoms with van der Waals surface area (Å²) >= 11 is 0. The lowest BCUT2D eigenvalue weighted by molar-refractivity contribution is -0.133. The van der Waals surface area contributed by atoms with Crippen molar-refractivity contribution in [2.24, 2.45) is 0 Å². The SMILES string of the molecule is COc1cc(OC)cc(C(CC(=O)N2CCN(Cc3ccc4c(c3)OCO4)CC2)c2cn(Cc3ccccc3)c3ccccc23)c1. The molecule has 7 rings (SSSR count). The van der Waals surface area contributed by atoms with Gasteiger partial charge in [0, 0.05) is 74.8 Å². The lowest BCUT2D eigenvalue weighted by atomic mass is 9.87. The van der Waals surface area contributed by atoms with Crippen LogP contribution in [0.3, 0.4) is 0 Å². The first kappa shape index (κ1) is 29.7. The maximum atomic E-state index is 14.1. The number of piperazine rings is 1. The number of fused-ring (bicyclic) bond motifs is 2. The topological polar surface area (TPSA) is 65.4 Å². The van der Waals surface area contributed by atoms with Crippen LogP contribution in [0.15, 0.2) is 97.2 Å². The molecule has 1 saturated heterocycles. The summed E-state index contributed by atoms with van der Waals surface area (Å²) < 4.78 is 24.6. The van der Waals surface area contributed by atoms with E-state index in [0.717, 1.165) is 59.7 Å². The van der Waals surface area contributed by atoms with Crippen LogP contribution >= 0.6 is 0 Å². The molecule has 236 valence electrons. The predicted molar refractivity (Wildman–Crippen MR) is 178 cm³/mol. The summed E-state index contributed by atoms with van der Waals surface area (Å²) in [5, 5.41) is 1.14. The van der Waals surface area contributed by atoms with Crippen molar-refractivity contribution in [3.05, 3.63) is 119 Å². The summed E-state index contributed by atoms with van der Waals surface area (Å²) in [7, 11) is 3.32. The molecular formula is C38H39N3O5. The number of carbonyl (C=O) groups excluding carboxylic acids is 1. The number of para-hydroxylation sites is 1. The van der Waals surface area contributed by atoms with Crippen molar-refractivity contribution in [2.45, 2.75) is 25.4 Å². The lowest BCUT2D eigenvalue weighted by Gasteiger charge is -2.35. The number of ether oxygens (including phenoxy) is 4. The molecule has 4 aromatic carbocycles. The minimum atomic E-state index is -0.190. The van der Waals surface area contributed by atoms with Crippen molar-refractivity contribution >= 4 is 16.8 Å². The Morgan fingerprint density at radius 2 is 1.48 bits per heavy atom. The highest BCUT2D eigenvalue weighted by Crippen LogP contribution is 2.39. The Hall–Kier alpha value is -4.95. The van der Waals surface area contributed by atoms with Gasteiger partial charge in [0.05, 0.1) is 14.2 Å². The normalized spacial score (nSPS) is 15.2. The van der Waals surface area contributed by atoms with Crippen LogP contribution in [0.5, 0.6) is 23.0 Å². The number of benzene rings is 4. The minimum absolute atomic E-state index is 0.148. The summed E-state index contributed by atoms with van der Waals surface area (Å²) in [5.74, 6) is 2.97. The third kappa shape index (κ3) is 6.26. The van der Waals surface area contributed by atoms with Crippen molar-refractivity contribution < 1.29 is 23.7 Å². The molecule has 1 aromatic heterocycles. The molecule has 1 amide bonds. The van der Waals surface area contributed by atoms with Crippen LogP contribution in [0.2, 0.25) is 0 Å². The first-order chi connectivity index (χ1) is 22.6. The van der Waals surface area contributed by atoms with E-state index in [1.165, 1.54) is 11.1 Å². The zero-order chi connectivity index (χ0) is 31.5. The van der Waals surface area contributed by atoms with Gasteiger partial charge in [-0.05, 0) is 52.6 Å². The van der Waals surface area contributed by atoms with E-state index in [2.05, 4.69) is 76.3 Å². The summed E-state index contributed by atoms with van der Waals surface area (Å²) in [6.07, 6.45) is 2.57. The van der Waals surface area contributed by atoms with Crippen LogP contribution in [0.25, 0.3) is 10.9 Å². The molecule has 0 N–H and O–H groups in total. The molecule has 46 heavy (non-hydrogen) atoms. The van der Waals surface area contributed by atoms with E-state index in [9.17, 15) is 4.79 Å². The second kappa shape index (κ2) is 13.2. The third-order valence-electron chi connectivity index (χ3n) is 9.11. The summed E-state index contributed by atoms with van der Waals surface area (Å²) in [6.45, 7) is 4.83. The number of aromatic nitrogens is 1. The smallest absolute Gasteiger partial charge is 0.231 e. The maximum absolute atomic E-state index is 14.1. The molecule has 0 spiro atoms. The van der Waals surface area contributed by atoms with Crippen LogP contribution < -0.4 is 18.9 Å². The van der Waals surface area contributed by atoms with E-state index >= 15 is 0 Å². The minimum Gasteiger partial charge on any atom is -0.497 e. The van der Waals surface area contributed by atoms with Gasteiger partial charge in [0.15, 0.2) is 11.5 Å². The monoisotopic (exact) mass is 617 g/mol. The van der Waals surface area contributed by atoms with Crippen LogP contribution in [0.4, 0.5) is 0 Å². The van der Waals surface area contributed by atoms with E-state index in [1.54, 1.807) is 14.2 Å². The molecule has 0 aliphatic carbocycles. The molecule has 1 unspecified atom stereocenters. The van der Waals surface area contributed by atoms with Gasteiger partial charge in [0.1, 0.15) is 11.5 Å². The lowest BCUT2D eigenvalue weighted by Crippen LogP contribution is -2.48. The number of hydrogen-bond donors (Lipinski definition) is 0. The molecule has 8 nitrogen and oxygen atoms in total. The standard InChI is InChI=1S/C38H39N3O5/c1-43-30-19-29(20-31(21-30)44-2)33(34-25-41(24-27-8-4-3-5-9-27)35-11-7-6-10-32(34)35)22-38(42)40-16-14-39(15-17-40)23-28-12-13-36-37(18-28)46-26-45-36/h3-13,18-21,25,33H,14-17,22-24,26H2,1-2H3. The van der Waals surface area contributed by atoms with Crippen LogP contribution in [0, 0.1) is 0 Å². The first-order valence-electron chi connectivity index (χ1n) is 15.8. The average molecular weight is 618 g/mol. The highest BCUT2D eigenvalue weighted by atomic mass is 16.7.